The Morgan fingerprint density at radius 1 is 1.35 bits per heavy atom. The van der Waals surface area contributed by atoms with Crippen molar-refractivity contribution in [1.82, 2.24) is 10.3 Å². The van der Waals surface area contributed by atoms with Gasteiger partial charge in [0.25, 0.3) is 0 Å². The summed E-state index contributed by atoms with van der Waals surface area (Å²) in [6, 6.07) is 6.46. The molecule has 0 fully saturated rings. The van der Waals surface area contributed by atoms with Gasteiger partial charge in [-0.25, -0.2) is 0 Å². The van der Waals surface area contributed by atoms with Crippen LogP contribution in [0.4, 0.5) is 0 Å². The molecule has 2 aromatic rings. The molecule has 0 aromatic carbocycles. The molecule has 90 valence electrons. The Balaban J connectivity index is 2.39. The Kier molecular flexibility index (Phi) is 4.73. The second-order valence-electron chi connectivity index (χ2n) is 3.55. The standard InChI is InChI=1S/C12H12Br2N2S/c1-2-16-11(8-3-5-15-6-4-8)9-7-10(13)17-12(9)14/h3-7,11,16H,2H2,1H3. The molecule has 2 aromatic heterocycles. The monoisotopic (exact) mass is 374 g/mol. The summed E-state index contributed by atoms with van der Waals surface area (Å²) in [5.74, 6) is 0. The fraction of sp³-hybridized carbons (Fsp3) is 0.250. The SMILES string of the molecule is CCNC(c1ccncc1)c1cc(Br)sc1Br. The summed E-state index contributed by atoms with van der Waals surface area (Å²) in [6.07, 6.45) is 3.66. The van der Waals surface area contributed by atoms with Crippen molar-refractivity contribution < 1.29 is 0 Å². The zero-order valence-electron chi connectivity index (χ0n) is 9.28. The largest absolute Gasteiger partial charge is 0.306 e. The van der Waals surface area contributed by atoms with Gasteiger partial charge in [0.2, 0.25) is 0 Å². The van der Waals surface area contributed by atoms with Crippen LogP contribution >= 0.6 is 43.2 Å². The van der Waals surface area contributed by atoms with Gasteiger partial charge in [-0.3, -0.25) is 4.98 Å². The van der Waals surface area contributed by atoms with Gasteiger partial charge in [0.1, 0.15) is 0 Å². The maximum atomic E-state index is 4.06. The van der Waals surface area contributed by atoms with E-state index in [1.165, 1.54) is 11.1 Å². The second kappa shape index (κ2) is 6.09. The Labute approximate surface area is 122 Å². The molecule has 0 bridgehead atoms. The Bertz CT molecular complexity index is 485. The van der Waals surface area contributed by atoms with Gasteiger partial charge in [0, 0.05) is 12.4 Å². The first kappa shape index (κ1) is 13.2. The van der Waals surface area contributed by atoms with Gasteiger partial charge in [0.15, 0.2) is 0 Å². The third kappa shape index (κ3) is 3.16. The molecule has 17 heavy (non-hydrogen) atoms. The predicted octanol–water partition coefficient (Wildman–Crippen LogP) is 4.37. The van der Waals surface area contributed by atoms with Crippen LogP contribution in [0.15, 0.2) is 38.2 Å². The van der Waals surface area contributed by atoms with Crippen LogP contribution in [-0.4, -0.2) is 11.5 Å². The zero-order valence-corrected chi connectivity index (χ0v) is 13.3. The van der Waals surface area contributed by atoms with E-state index in [2.05, 4.69) is 55.2 Å². The molecular formula is C12H12Br2N2S. The van der Waals surface area contributed by atoms with Crippen LogP contribution < -0.4 is 5.32 Å². The highest BCUT2D eigenvalue weighted by Crippen LogP contribution is 2.37. The molecule has 1 N–H and O–H groups in total. The third-order valence-corrected chi connectivity index (χ3v) is 4.83. The minimum absolute atomic E-state index is 0.208. The van der Waals surface area contributed by atoms with Crippen molar-refractivity contribution in [1.29, 1.82) is 0 Å². The predicted molar refractivity (Wildman–Crippen MR) is 79.5 cm³/mol. The normalized spacial score (nSPS) is 12.6. The Hall–Kier alpha value is -0.230. The van der Waals surface area contributed by atoms with Crippen molar-refractivity contribution in [2.75, 3.05) is 6.54 Å². The Morgan fingerprint density at radius 2 is 2.06 bits per heavy atom. The van der Waals surface area contributed by atoms with E-state index in [1.807, 2.05) is 24.5 Å². The van der Waals surface area contributed by atoms with Crippen molar-refractivity contribution >= 4 is 43.2 Å². The molecule has 1 atom stereocenters. The second-order valence-corrected chi connectivity index (χ2v) is 7.30. The molecule has 1 unspecified atom stereocenters. The van der Waals surface area contributed by atoms with E-state index in [1.54, 1.807) is 11.3 Å². The topological polar surface area (TPSA) is 24.9 Å². The van der Waals surface area contributed by atoms with Crippen molar-refractivity contribution in [3.8, 4) is 0 Å². The fourth-order valence-corrected chi connectivity index (χ4v) is 4.62. The average Bonchev–Trinajstić information content (AvgIpc) is 2.66. The maximum Gasteiger partial charge on any atom is 0.0761 e. The number of hydrogen-bond donors (Lipinski definition) is 1. The molecule has 0 radical (unpaired) electrons. The van der Waals surface area contributed by atoms with Crippen LogP contribution in [0.5, 0.6) is 0 Å². The lowest BCUT2D eigenvalue weighted by molar-refractivity contribution is 0.630. The first-order chi connectivity index (χ1) is 8.22. The average molecular weight is 376 g/mol. The molecule has 0 aliphatic heterocycles. The smallest absolute Gasteiger partial charge is 0.0761 e. The summed E-state index contributed by atoms with van der Waals surface area (Å²) in [6.45, 7) is 3.04. The molecule has 0 spiro atoms. The van der Waals surface area contributed by atoms with E-state index >= 15 is 0 Å². The van der Waals surface area contributed by atoms with Gasteiger partial charge in [-0.1, -0.05) is 6.92 Å². The number of pyridine rings is 1. The van der Waals surface area contributed by atoms with Crippen molar-refractivity contribution in [3.05, 3.63) is 49.3 Å². The number of halogens is 2. The number of aromatic nitrogens is 1. The van der Waals surface area contributed by atoms with Gasteiger partial charge < -0.3 is 5.32 Å². The van der Waals surface area contributed by atoms with E-state index in [-0.39, 0.29) is 6.04 Å². The van der Waals surface area contributed by atoms with E-state index < -0.39 is 0 Å². The summed E-state index contributed by atoms with van der Waals surface area (Å²) in [7, 11) is 0. The molecule has 5 heteroatoms. The molecule has 0 saturated heterocycles. The zero-order chi connectivity index (χ0) is 12.3. The maximum absolute atomic E-state index is 4.06. The Morgan fingerprint density at radius 3 is 2.59 bits per heavy atom. The highest BCUT2D eigenvalue weighted by Gasteiger charge is 2.17. The quantitative estimate of drug-likeness (QED) is 0.858. The summed E-state index contributed by atoms with van der Waals surface area (Å²) in [4.78, 5) is 4.06. The van der Waals surface area contributed by atoms with E-state index in [0.717, 1.165) is 14.1 Å². The van der Waals surface area contributed by atoms with Crippen LogP contribution in [0.3, 0.4) is 0 Å². The van der Waals surface area contributed by atoms with E-state index in [0.29, 0.717) is 0 Å². The number of thiophene rings is 1. The van der Waals surface area contributed by atoms with Gasteiger partial charge in [-0.2, -0.15) is 0 Å². The van der Waals surface area contributed by atoms with Gasteiger partial charge in [0.05, 0.1) is 13.6 Å². The lowest BCUT2D eigenvalue weighted by atomic mass is 10.0. The van der Waals surface area contributed by atoms with Crippen molar-refractivity contribution in [2.24, 2.45) is 0 Å². The van der Waals surface area contributed by atoms with Gasteiger partial charge >= 0.3 is 0 Å². The van der Waals surface area contributed by atoms with Crippen LogP contribution in [0.1, 0.15) is 24.1 Å². The number of nitrogens with one attached hydrogen (secondary N) is 1. The van der Waals surface area contributed by atoms with Crippen molar-refractivity contribution in [2.45, 2.75) is 13.0 Å². The van der Waals surface area contributed by atoms with Crippen LogP contribution in [-0.2, 0) is 0 Å². The van der Waals surface area contributed by atoms with Crippen LogP contribution in [0, 0.1) is 0 Å². The van der Waals surface area contributed by atoms with E-state index in [4.69, 9.17) is 0 Å². The first-order valence-electron chi connectivity index (χ1n) is 5.30. The molecular weight excluding hydrogens is 364 g/mol. The molecule has 0 aliphatic rings. The third-order valence-electron chi connectivity index (χ3n) is 2.44. The highest BCUT2D eigenvalue weighted by molar-refractivity contribution is 9.12. The summed E-state index contributed by atoms with van der Waals surface area (Å²) in [5, 5.41) is 3.50. The van der Waals surface area contributed by atoms with Gasteiger partial charge in [-0.05, 0) is 67.7 Å². The van der Waals surface area contributed by atoms with Crippen LogP contribution in [0.25, 0.3) is 0 Å². The first-order valence-corrected chi connectivity index (χ1v) is 7.70. The molecule has 0 aliphatic carbocycles. The molecule has 2 heterocycles. The summed E-state index contributed by atoms with van der Waals surface area (Å²) in [5.41, 5.74) is 2.49. The van der Waals surface area contributed by atoms with Crippen molar-refractivity contribution in [3.63, 3.8) is 0 Å². The molecule has 2 nitrogen and oxygen atoms in total. The number of hydrogen-bond acceptors (Lipinski definition) is 3. The fourth-order valence-electron chi connectivity index (χ4n) is 1.72. The molecule has 0 amide bonds. The van der Waals surface area contributed by atoms with Gasteiger partial charge in [-0.15, -0.1) is 11.3 Å². The number of nitrogens with zero attached hydrogens (tertiary/aromatic N) is 1. The highest BCUT2D eigenvalue weighted by atomic mass is 79.9. The van der Waals surface area contributed by atoms with E-state index in [9.17, 15) is 0 Å². The number of rotatable bonds is 4. The lowest BCUT2D eigenvalue weighted by Crippen LogP contribution is -2.21. The van der Waals surface area contributed by atoms with Crippen LogP contribution in [0.2, 0.25) is 0 Å². The minimum atomic E-state index is 0.208. The lowest BCUT2D eigenvalue weighted by Gasteiger charge is -2.17. The summed E-state index contributed by atoms with van der Waals surface area (Å²) >= 11 is 8.84. The molecule has 2 rings (SSSR count). The minimum Gasteiger partial charge on any atom is -0.306 e. The summed E-state index contributed by atoms with van der Waals surface area (Å²) < 4.78 is 2.29. The molecule has 0 saturated carbocycles.